The predicted octanol–water partition coefficient (Wildman–Crippen LogP) is 4.60. The normalized spacial score (nSPS) is 15.8. The van der Waals surface area contributed by atoms with Crippen LogP contribution in [0.25, 0.3) is 23.3 Å². The van der Waals surface area contributed by atoms with Gasteiger partial charge in [-0.3, -0.25) is 20.4 Å². The number of aryl methyl sites for hydroxylation is 2. The third-order valence-corrected chi connectivity index (χ3v) is 9.54. The highest BCUT2D eigenvalue weighted by molar-refractivity contribution is 7.86. The molecule has 0 unspecified atom stereocenters. The highest BCUT2D eigenvalue weighted by atomic mass is 32.2. The summed E-state index contributed by atoms with van der Waals surface area (Å²) in [6.45, 7) is 3.09. The summed E-state index contributed by atoms with van der Waals surface area (Å²) in [5, 5.41) is 8.39. The predicted molar refractivity (Wildman–Crippen MR) is 179 cm³/mol. The van der Waals surface area contributed by atoms with Crippen LogP contribution in [0.5, 0.6) is 0 Å². The topological polar surface area (TPSA) is 197 Å². The second-order valence-electron chi connectivity index (χ2n) is 10.9. The third-order valence-electron chi connectivity index (χ3n) is 7.79. The van der Waals surface area contributed by atoms with E-state index in [1.165, 1.54) is 24.3 Å². The molecule has 0 amide bonds. The molecule has 0 atom stereocenters. The first-order valence-electron chi connectivity index (χ1n) is 14.2. The molecule has 14 heteroatoms. The maximum atomic E-state index is 12.6. The number of allylic oxidation sites excluding steroid dienone is 2. The molecular formula is C34H24N4O8S2-2. The molecule has 0 spiro atoms. The Labute approximate surface area is 275 Å². The standard InChI is InChI=1S/C34H26N4O8S2/c1-19-15-25(31(47(41,42)43)17-27(19)35-37-33-23-9-5-3-7-21(23)11-13-29(33)39)26-16-20(2)28(18-32(26)48(44,45)46)36-38-34-24-10-6-4-8-22(24)12-14-30(34)40/h3-18,35-36H,1-2H3,(H,41,42,43)(H,44,45,46)/p-2. The van der Waals surface area contributed by atoms with Gasteiger partial charge in [0.15, 0.2) is 0 Å². The van der Waals surface area contributed by atoms with Crippen molar-refractivity contribution in [2.45, 2.75) is 23.6 Å². The molecule has 0 aliphatic heterocycles. The van der Waals surface area contributed by atoms with Crippen molar-refractivity contribution in [3.05, 3.63) is 118 Å². The molecule has 0 fully saturated rings. The van der Waals surface area contributed by atoms with Crippen LogP contribution in [0.2, 0.25) is 0 Å². The number of ketones is 2. The molecule has 12 nitrogen and oxygen atoms in total. The van der Waals surface area contributed by atoms with E-state index in [1.54, 1.807) is 74.5 Å². The Kier molecular flexibility index (Phi) is 8.26. The van der Waals surface area contributed by atoms with Crippen LogP contribution in [0.1, 0.15) is 33.4 Å². The first-order valence-corrected chi connectivity index (χ1v) is 17.1. The minimum Gasteiger partial charge on any atom is -0.744 e. The highest BCUT2D eigenvalue weighted by Gasteiger charge is 2.23. The fourth-order valence-corrected chi connectivity index (χ4v) is 6.79. The van der Waals surface area contributed by atoms with Crippen molar-refractivity contribution in [3.63, 3.8) is 0 Å². The smallest absolute Gasteiger partial charge is 0.206 e. The minimum absolute atomic E-state index is 0.0457. The van der Waals surface area contributed by atoms with E-state index in [1.807, 2.05) is 0 Å². The van der Waals surface area contributed by atoms with Crippen LogP contribution < -0.4 is 10.9 Å². The van der Waals surface area contributed by atoms with Crippen molar-refractivity contribution in [3.8, 4) is 11.1 Å². The highest BCUT2D eigenvalue weighted by Crippen LogP contribution is 2.38. The Morgan fingerprint density at radius 3 is 1.29 bits per heavy atom. The van der Waals surface area contributed by atoms with Gasteiger partial charge in [0.1, 0.15) is 31.7 Å². The Balaban J connectivity index is 1.43. The number of nitrogens with one attached hydrogen (secondary N) is 2. The van der Waals surface area contributed by atoms with Gasteiger partial charge < -0.3 is 9.11 Å². The Morgan fingerprint density at radius 1 is 0.542 bits per heavy atom. The molecule has 0 saturated heterocycles. The Bertz CT molecular complexity index is 2240. The van der Waals surface area contributed by atoms with E-state index >= 15 is 0 Å². The molecule has 48 heavy (non-hydrogen) atoms. The number of hydrogen-bond acceptors (Lipinski definition) is 12. The molecule has 0 bridgehead atoms. The average molecular weight is 681 g/mol. The number of carbonyl (C=O) groups excluding carboxylic acids is 2. The first-order chi connectivity index (χ1) is 22.7. The molecule has 4 aromatic carbocycles. The molecule has 2 aliphatic carbocycles. The van der Waals surface area contributed by atoms with E-state index in [9.17, 15) is 35.5 Å². The lowest BCUT2D eigenvalue weighted by atomic mass is 9.95. The summed E-state index contributed by atoms with van der Waals surface area (Å²) in [5.74, 6) is -0.805. The average Bonchev–Trinajstić information content (AvgIpc) is 3.03. The Morgan fingerprint density at radius 2 is 0.917 bits per heavy atom. The fraction of sp³-hybridized carbons (Fsp3) is 0.0588. The van der Waals surface area contributed by atoms with Crippen LogP contribution in [-0.4, -0.2) is 48.9 Å². The number of nitrogens with zero attached hydrogens (tertiary/aromatic N) is 2. The zero-order chi connectivity index (χ0) is 34.4. The quantitative estimate of drug-likeness (QED) is 0.205. The zero-order valence-electron chi connectivity index (χ0n) is 25.2. The van der Waals surface area contributed by atoms with Gasteiger partial charge in [-0.2, -0.15) is 10.2 Å². The summed E-state index contributed by atoms with van der Waals surface area (Å²) in [6.07, 6.45) is 5.96. The van der Waals surface area contributed by atoms with E-state index < -0.39 is 41.6 Å². The molecule has 242 valence electrons. The molecule has 2 N–H and O–H groups in total. The van der Waals surface area contributed by atoms with Crippen molar-refractivity contribution in [2.75, 3.05) is 10.9 Å². The summed E-state index contributed by atoms with van der Waals surface area (Å²) in [6, 6.07) is 18.4. The van der Waals surface area contributed by atoms with Crippen LogP contribution in [0.15, 0.2) is 105 Å². The second-order valence-corrected chi connectivity index (χ2v) is 13.6. The lowest BCUT2D eigenvalue weighted by Gasteiger charge is -2.22. The van der Waals surface area contributed by atoms with E-state index in [-0.39, 0.29) is 33.9 Å². The van der Waals surface area contributed by atoms with Gasteiger partial charge in [0.2, 0.25) is 11.6 Å². The zero-order valence-corrected chi connectivity index (χ0v) is 26.8. The van der Waals surface area contributed by atoms with Crippen LogP contribution in [0, 0.1) is 13.8 Å². The van der Waals surface area contributed by atoms with Crippen LogP contribution in [0.3, 0.4) is 0 Å². The summed E-state index contributed by atoms with van der Waals surface area (Å²) in [7, 11) is -10.5. The number of hydrazone groups is 2. The number of hydrogen-bond donors (Lipinski definition) is 2. The maximum Gasteiger partial charge on any atom is 0.206 e. The van der Waals surface area contributed by atoms with Gasteiger partial charge in [0.05, 0.1) is 21.2 Å². The van der Waals surface area contributed by atoms with Crippen molar-refractivity contribution in [1.82, 2.24) is 0 Å². The number of fused-ring (bicyclic) bond motifs is 2. The number of benzene rings is 4. The van der Waals surface area contributed by atoms with Gasteiger partial charge in [-0.1, -0.05) is 60.7 Å². The lowest BCUT2D eigenvalue weighted by molar-refractivity contribution is -0.109. The van der Waals surface area contributed by atoms with Crippen LogP contribution >= 0.6 is 0 Å². The molecule has 4 aromatic rings. The van der Waals surface area contributed by atoms with Gasteiger partial charge in [-0.25, -0.2) is 16.8 Å². The van der Waals surface area contributed by atoms with Gasteiger partial charge in [-0.05, 0) is 72.5 Å². The molecule has 2 aliphatic rings. The first kappa shape index (κ1) is 32.4. The monoisotopic (exact) mass is 680 g/mol. The molecule has 0 aromatic heterocycles. The third kappa shape index (κ3) is 6.24. The minimum atomic E-state index is -5.26. The summed E-state index contributed by atoms with van der Waals surface area (Å²) >= 11 is 0. The van der Waals surface area contributed by atoms with E-state index in [4.69, 9.17) is 0 Å². The van der Waals surface area contributed by atoms with E-state index in [2.05, 4.69) is 21.1 Å². The number of anilines is 2. The van der Waals surface area contributed by atoms with Gasteiger partial charge in [0.25, 0.3) is 0 Å². The lowest BCUT2D eigenvalue weighted by Crippen LogP contribution is -2.19. The summed E-state index contributed by atoms with van der Waals surface area (Å²) in [4.78, 5) is 23.6. The molecule has 6 rings (SSSR count). The van der Waals surface area contributed by atoms with Crippen molar-refractivity contribution >= 4 is 66.8 Å². The number of rotatable bonds is 7. The van der Waals surface area contributed by atoms with Gasteiger partial charge >= 0.3 is 0 Å². The second kappa shape index (κ2) is 12.2. The molecular weight excluding hydrogens is 657 g/mol. The van der Waals surface area contributed by atoms with Crippen molar-refractivity contribution < 1.29 is 35.5 Å². The largest absolute Gasteiger partial charge is 0.744 e. The van der Waals surface area contributed by atoms with E-state index in [0.717, 1.165) is 23.3 Å². The van der Waals surface area contributed by atoms with Crippen molar-refractivity contribution in [2.24, 2.45) is 10.2 Å². The number of carbonyl (C=O) groups is 2. The fourth-order valence-electron chi connectivity index (χ4n) is 5.38. The maximum absolute atomic E-state index is 12.6. The van der Waals surface area contributed by atoms with Gasteiger partial charge in [0, 0.05) is 22.3 Å². The SMILES string of the molecule is Cc1cc(-c2cc(C)c(NN=C3C(=O)C=Cc4ccccc43)cc2S(=O)(=O)[O-])c(S(=O)(=O)[O-])cc1NN=C1C(=O)C=Cc2ccccc21. The molecule has 0 saturated carbocycles. The summed E-state index contributed by atoms with van der Waals surface area (Å²) < 4.78 is 75.3. The summed E-state index contributed by atoms with van der Waals surface area (Å²) in [5.41, 5.74) is 8.05. The van der Waals surface area contributed by atoms with Crippen molar-refractivity contribution in [1.29, 1.82) is 0 Å². The Hall–Kier alpha value is -5.54. The molecule has 0 radical (unpaired) electrons. The van der Waals surface area contributed by atoms with Crippen LogP contribution in [-0.2, 0) is 29.8 Å². The van der Waals surface area contributed by atoms with Gasteiger partial charge in [-0.15, -0.1) is 0 Å². The van der Waals surface area contributed by atoms with E-state index in [0.29, 0.717) is 22.3 Å². The molecule has 0 heterocycles. The van der Waals surface area contributed by atoms with Crippen LogP contribution in [0.4, 0.5) is 11.4 Å².